The van der Waals surface area contributed by atoms with Gasteiger partial charge in [0.2, 0.25) is 0 Å². The highest BCUT2D eigenvalue weighted by Gasteiger charge is 2.10. The van der Waals surface area contributed by atoms with Crippen LogP contribution in [0.4, 0.5) is 0 Å². The normalized spacial score (nSPS) is 10.7. The number of halogens is 1. The Hall–Kier alpha value is -2.12. The van der Waals surface area contributed by atoms with Crippen LogP contribution in [0.2, 0.25) is 5.02 Å². The van der Waals surface area contributed by atoms with Gasteiger partial charge in [0, 0.05) is 16.0 Å². The molecule has 0 bridgehead atoms. The van der Waals surface area contributed by atoms with Crippen molar-refractivity contribution in [3.8, 4) is 11.1 Å². The number of aryl methyl sites for hydroxylation is 1. The highest BCUT2D eigenvalue weighted by atomic mass is 35.5. The highest BCUT2D eigenvalue weighted by Crippen LogP contribution is 2.34. The van der Waals surface area contributed by atoms with Crippen molar-refractivity contribution in [1.29, 1.82) is 0 Å². The Balaban J connectivity index is 2.38. The second-order valence-corrected chi connectivity index (χ2v) is 5.26. The van der Waals surface area contributed by atoms with Crippen molar-refractivity contribution in [3.63, 3.8) is 0 Å². The van der Waals surface area contributed by atoms with Gasteiger partial charge in [-0.15, -0.1) is 0 Å². The Morgan fingerprint density at radius 1 is 0.900 bits per heavy atom. The number of hydrogen-bond acceptors (Lipinski definition) is 1. The van der Waals surface area contributed by atoms with Gasteiger partial charge in [-0.3, -0.25) is 4.79 Å². The van der Waals surface area contributed by atoms with Crippen LogP contribution in [0.25, 0.3) is 21.9 Å². The molecule has 0 amide bonds. The molecule has 0 radical (unpaired) electrons. The van der Waals surface area contributed by atoms with Crippen LogP contribution in [0.1, 0.15) is 15.9 Å². The first kappa shape index (κ1) is 12.9. The van der Waals surface area contributed by atoms with Gasteiger partial charge in [0.05, 0.1) is 0 Å². The van der Waals surface area contributed by atoms with E-state index >= 15 is 0 Å². The zero-order valence-electron chi connectivity index (χ0n) is 11.1. The van der Waals surface area contributed by atoms with E-state index in [1.807, 2.05) is 61.5 Å². The fourth-order valence-corrected chi connectivity index (χ4v) is 2.73. The smallest absolute Gasteiger partial charge is 0.150 e. The van der Waals surface area contributed by atoms with E-state index in [2.05, 4.69) is 0 Å². The van der Waals surface area contributed by atoms with Crippen molar-refractivity contribution in [2.24, 2.45) is 0 Å². The van der Waals surface area contributed by atoms with E-state index in [0.29, 0.717) is 5.56 Å². The summed E-state index contributed by atoms with van der Waals surface area (Å²) in [6.45, 7) is 2.02. The molecule has 20 heavy (non-hydrogen) atoms. The SMILES string of the molecule is Cc1ccc(C=O)c(-c2ccc(Cl)c3ccccc23)c1. The Kier molecular flexibility index (Phi) is 3.29. The first-order chi connectivity index (χ1) is 9.70. The summed E-state index contributed by atoms with van der Waals surface area (Å²) in [6.07, 6.45) is 0.901. The number of fused-ring (bicyclic) bond motifs is 1. The van der Waals surface area contributed by atoms with Crippen molar-refractivity contribution >= 4 is 28.7 Å². The summed E-state index contributed by atoms with van der Waals surface area (Å²) in [4.78, 5) is 11.3. The van der Waals surface area contributed by atoms with E-state index < -0.39 is 0 Å². The Morgan fingerprint density at radius 3 is 2.40 bits per heavy atom. The van der Waals surface area contributed by atoms with Crippen molar-refractivity contribution in [1.82, 2.24) is 0 Å². The van der Waals surface area contributed by atoms with E-state index in [0.717, 1.165) is 38.8 Å². The van der Waals surface area contributed by atoms with Crippen molar-refractivity contribution in [2.75, 3.05) is 0 Å². The molecule has 0 aliphatic rings. The second-order valence-electron chi connectivity index (χ2n) is 4.85. The Labute approximate surface area is 122 Å². The average Bonchev–Trinajstić information content (AvgIpc) is 2.48. The summed E-state index contributed by atoms with van der Waals surface area (Å²) in [5, 5.41) is 2.79. The lowest BCUT2D eigenvalue weighted by molar-refractivity contribution is 0.112. The van der Waals surface area contributed by atoms with Crippen molar-refractivity contribution in [2.45, 2.75) is 6.92 Å². The molecule has 0 aromatic heterocycles. The first-order valence-electron chi connectivity index (χ1n) is 6.44. The largest absolute Gasteiger partial charge is 0.298 e. The lowest BCUT2D eigenvalue weighted by Crippen LogP contribution is -1.90. The fourth-order valence-electron chi connectivity index (χ4n) is 2.50. The number of benzene rings is 3. The third-order valence-electron chi connectivity index (χ3n) is 3.50. The van der Waals surface area contributed by atoms with Crippen LogP contribution in [-0.4, -0.2) is 6.29 Å². The molecule has 0 N–H and O–H groups in total. The summed E-state index contributed by atoms with van der Waals surface area (Å²) < 4.78 is 0. The minimum absolute atomic E-state index is 0.697. The number of hydrogen-bond donors (Lipinski definition) is 0. The fraction of sp³-hybridized carbons (Fsp3) is 0.0556. The van der Waals surface area contributed by atoms with Gasteiger partial charge in [0.15, 0.2) is 6.29 Å². The molecule has 0 saturated heterocycles. The van der Waals surface area contributed by atoms with Crippen LogP contribution in [0.5, 0.6) is 0 Å². The zero-order chi connectivity index (χ0) is 14.1. The summed E-state index contributed by atoms with van der Waals surface area (Å²) >= 11 is 6.25. The van der Waals surface area contributed by atoms with Crippen LogP contribution in [0.3, 0.4) is 0 Å². The van der Waals surface area contributed by atoms with E-state index in [4.69, 9.17) is 11.6 Å². The maximum Gasteiger partial charge on any atom is 0.150 e. The third-order valence-corrected chi connectivity index (χ3v) is 3.83. The van der Waals surface area contributed by atoms with Crippen LogP contribution >= 0.6 is 11.6 Å². The second kappa shape index (κ2) is 5.10. The third kappa shape index (κ3) is 2.10. The monoisotopic (exact) mass is 280 g/mol. The summed E-state index contributed by atoms with van der Waals surface area (Å²) in [7, 11) is 0. The van der Waals surface area contributed by atoms with Crippen LogP contribution < -0.4 is 0 Å². The number of rotatable bonds is 2. The van der Waals surface area contributed by atoms with Gasteiger partial charge in [-0.2, -0.15) is 0 Å². The van der Waals surface area contributed by atoms with Crippen LogP contribution in [-0.2, 0) is 0 Å². The minimum atomic E-state index is 0.697. The molecule has 1 nitrogen and oxygen atoms in total. The van der Waals surface area contributed by atoms with Crippen LogP contribution in [0.15, 0.2) is 54.6 Å². The van der Waals surface area contributed by atoms with Crippen molar-refractivity contribution < 1.29 is 4.79 Å². The van der Waals surface area contributed by atoms with Gasteiger partial charge in [-0.1, -0.05) is 65.7 Å². The van der Waals surface area contributed by atoms with Crippen molar-refractivity contribution in [3.05, 3.63) is 70.7 Å². The average molecular weight is 281 g/mol. The quantitative estimate of drug-likeness (QED) is 0.584. The molecular formula is C18H13ClO. The lowest BCUT2D eigenvalue weighted by Gasteiger charge is -2.11. The molecule has 3 rings (SSSR count). The van der Waals surface area contributed by atoms with Gasteiger partial charge in [-0.25, -0.2) is 0 Å². The molecule has 0 saturated carbocycles. The molecule has 98 valence electrons. The van der Waals surface area contributed by atoms with Crippen LogP contribution in [0, 0.1) is 6.92 Å². The summed E-state index contributed by atoms with van der Waals surface area (Å²) in [5.41, 5.74) is 3.82. The molecule has 0 aliphatic heterocycles. The van der Waals surface area contributed by atoms with E-state index in [1.54, 1.807) is 0 Å². The van der Waals surface area contributed by atoms with Gasteiger partial charge in [0.25, 0.3) is 0 Å². The zero-order valence-corrected chi connectivity index (χ0v) is 11.8. The Bertz CT molecular complexity index is 806. The maximum atomic E-state index is 11.3. The number of carbonyl (C=O) groups is 1. The predicted molar refractivity (Wildman–Crippen MR) is 84.5 cm³/mol. The van der Waals surface area contributed by atoms with Gasteiger partial charge in [-0.05, 0) is 29.5 Å². The number of carbonyl (C=O) groups excluding carboxylic acids is 1. The molecule has 2 heteroatoms. The predicted octanol–water partition coefficient (Wildman–Crippen LogP) is 5.28. The molecule has 0 unspecified atom stereocenters. The highest BCUT2D eigenvalue weighted by molar-refractivity contribution is 6.36. The van der Waals surface area contributed by atoms with E-state index in [-0.39, 0.29) is 0 Å². The van der Waals surface area contributed by atoms with Gasteiger partial charge in [0.1, 0.15) is 0 Å². The molecule has 0 heterocycles. The summed E-state index contributed by atoms with van der Waals surface area (Å²) in [5.74, 6) is 0. The molecular weight excluding hydrogens is 268 g/mol. The lowest BCUT2D eigenvalue weighted by atomic mass is 9.94. The molecule has 0 spiro atoms. The van der Waals surface area contributed by atoms with E-state index in [9.17, 15) is 4.79 Å². The molecule has 0 fully saturated rings. The molecule has 3 aromatic rings. The molecule has 3 aromatic carbocycles. The number of aldehydes is 1. The molecule has 0 atom stereocenters. The minimum Gasteiger partial charge on any atom is -0.298 e. The molecule has 0 aliphatic carbocycles. The first-order valence-corrected chi connectivity index (χ1v) is 6.82. The maximum absolute atomic E-state index is 11.3. The topological polar surface area (TPSA) is 17.1 Å². The summed E-state index contributed by atoms with van der Waals surface area (Å²) in [6, 6.07) is 17.7. The standard InChI is InChI=1S/C18H13ClO/c1-12-6-7-13(11-20)17(10-12)15-8-9-18(19)16-5-3-2-4-14(15)16/h2-11H,1H3. The van der Waals surface area contributed by atoms with Gasteiger partial charge >= 0.3 is 0 Å². The van der Waals surface area contributed by atoms with Gasteiger partial charge < -0.3 is 0 Å². The van der Waals surface area contributed by atoms with E-state index in [1.165, 1.54) is 0 Å². The Morgan fingerprint density at radius 2 is 1.65 bits per heavy atom.